The van der Waals surface area contributed by atoms with E-state index in [1.165, 1.54) is 6.08 Å². The van der Waals surface area contributed by atoms with Crippen LogP contribution < -0.4 is 11.5 Å². The molecule has 0 aromatic heterocycles. The number of hydrogen-bond acceptors (Lipinski definition) is 2. The number of amides is 1. The molecule has 0 heterocycles. The average molecular weight is 126 g/mol. The van der Waals surface area contributed by atoms with Crippen LogP contribution in [-0.2, 0) is 4.79 Å². The second-order valence-electron chi connectivity index (χ2n) is 1.66. The molecule has 0 rings (SSSR count). The minimum Gasteiger partial charge on any atom is -0.368 e. The van der Waals surface area contributed by atoms with E-state index in [2.05, 4.69) is 13.2 Å². The number of carbonyl (C=O) groups excluding carboxylic acids is 1. The van der Waals surface area contributed by atoms with Gasteiger partial charge in [0.05, 0.1) is 0 Å². The fraction of sp³-hybridized carbons (Fsp3) is 0.167. The van der Waals surface area contributed by atoms with E-state index < -0.39 is 11.9 Å². The van der Waals surface area contributed by atoms with E-state index in [0.717, 1.165) is 0 Å². The van der Waals surface area contributed by atoms with Crippen LogP contribution in [0.15, 0.2) is 24.8 Å². The van der Waals surface area contributed by atoms with E-state index in [4.69, 9.17) is 11.5 Å². The summed E-state index contributed by atoms with van der Waals surface area (Å²) in [7, 11) is 0. The predicted octanol–water partition coefficient (Wildman–Crippen LogP) is -0.459. The van der Waals surface area contributed by atoms with Crippen molar-refractivity contribution in [2.24, 2.45) is 11.5 Å². The second kappa shape index (κ2) is 3.04. The van der Waals surface area contributed by atoms with Gasteiger partial charge < -0.3 is 11.5 Å². The lowest BCUT2D eigenvalue weighted by atomic mass is 10.1. The van der Waals surface area contributed by atoms with E-state index in [0.29, 0.717) is 5.57 Å². The SMILES string of the molecule is C=CC(=C)C(N)C(N)=O. The Balaban J connectivity index is 4.03. The minimum absolute atomic E-state index is 0.447. The molecule has 0 aliphatic rings. The minimum atomic E-state index is -0.789. The van der Waals surface area contributed by atoms with E-state index in [9.17, 15) is 4.79 Å². The molecule has 50 valence electrons. The Hall–Kier alpha value is -1.09. The first-order valence-electron chi connectivity index (χ1n) is 2.45. The Labute approximate surface area is 54.0 Å². The summed E-state index contributed by atoms with van der Waals surface area (Å²) in [5.74, 6) is -0.583. The fourth-order valence-corrected chi connectivity index (χ4v) is 0.310. The summed E-state index contributed by atoms with van der Waals surface area (Å²) in [5.41, 5.74) is 10.5. The number of nitrogens with two attached hydrogens (primary N) is 2. The second-order valence-corrected chi connectivity index (χ2v) is 1.66. The molecule has 9 heavy (non-hydrogen) atoms. The zero-order valence-electron chi connectivity index (χ0n) is 5.13. The normalized spacial score (nSPS) is 12.1. The topological polar surface area (TPSA) is 69.1 Å². The molecule has 0 bridgehead atoms. The molecule has 0 aromatic rings. The number of rotatable bonds is 3. The van der Waals surface area contributed by atoms with E-state index >= 15 is 0 Å². The molecule has 0 aliphatic heterocycles. The van der Waals surface area contributed by atoms with Crippen molar-refractivity contribution in [2.45, 2.75) is 6.04 Å². The molecule has 4 N–H and O–H groups in total. The number of hydrogen-bond donors (Lipinski definition) is 2. The molecule has 3 heteroatoms. The van der Waals surface area contributed by atoms with Crippen molar-refractivity contribution >= 4 is 5.91 Å². The highest BCUT2D eigenvalue weighted by Crippen LogP contribution is 1.94. The summed E-state index contributed by atoms with van der Waals surface area (Å²) in [4.78, 5) is 10.3. The summed E-state index contributed by atoms with van der Waals surface area (Å²) in [6, 6.07) is -0.789. The Morgan fingerprint density at radius 3 is 2.22 bits per heavy atom. The standard InChI is InChI=1S/C6H10N2O/c1-3-4(2)5(7)6(8)9/h3,5H,1-2,7H2,(H2,8,9). The van der Waals surface area contributed by atoms with Crippen LogP contribution in [0.5, 0.6) is 0 Å². The molecular weight excluding hydrogens is 116 g/mol. The van der Waals surface area contributed by atoms with Crippen LogP contribution in [0.4, 0.5) is 0 Å². The van der Waals surface area contributed by atoms with Crippen molar-refractivity contribution in [3.05, 3.63) is 24.8 Å². The molecule has 0 aliphatic carbocycles. The molecule has 0 fully saturated rings. The lowest BCUT2D eigenvalue weighted by Crippen LogP contribution is -2.37. The highest BCUT2D eigenvalue weighted by atomic mass is 16.1. The molecule has 0 radical (unpaired) electrons. The highest BCUT2D eigenvalue weighted by Gasteiger charge is 2.08. The molecule has 0 saturated heterocycles. The Kier molecular flexibility index (Phi) is 2.67. The van der Waals surface area contributed by atoms with Gasteiger partial charge in [-0.2, -0.15) is 0 Å². The van der Waals surface area contributed by atoms with Gasteiger partial charge in [0.25, 0.3) is 0 Å². The maximum absolute atomic E-state index is 10.3. The zero-order valence-corrected chi connectivity index (χ0v) is 5.13. The average Bonchev–Trinajstić information content (AvgIpc) is 1.84. The van der Waals surface area contributed by atoms with Crippen molar-refractivity contribution in [1.82, 2.24) is 0 Å². The molecule has 1 unspecified atom stereocenters. The van der Waals surface area contributed by atoms with E-state index in [1.54, 1.807) is 0 Å². The van der Waals surface area contributed by atoms with Gasteiger partial charge >= 0.3 is 0 Å². The summed E-state index contributed by atoms with van der Waals surface area (Å²) in [6.07, 6.45) is 1.41. The lowest BCUT2D eigenvalue weighted by molar-refractivity contribution is -0.118. The fourth-order valence-electron chi connectivity index (χ4n) is 0.310. The van der Waals surface area contributed by atoms with Crippen molar-refractivity contribution in [2.75, 3.05) is 0 Å². The third-order valence-electron chi connectivity index (χ3n) is 0.968. The van der Waals surface area contributed by atoms with Gasteiger partial charge in [0.15, 0.2) is 0 Å². The highest BCUT2D eigenvalue weighted by molar-refractivity contribution is 5.83. The van der Waals surface area contributed by atoms with Crippen molar-refractivity contribution in [3.8, 4) is 0 Å². The van der Waals surface area contributed by atoms with Gasteiger partial charge in [-0.3, -0.25) is 4.79 Å². The van der Waals surface area contributed by atoms with Crippen LogP contribution in [0.1, 0.15) is 0 Å². The van der Waals surface area contributed by atoms with Gasteiger partial charge in [-0.05, 0) is 5.57 Å². The first-order valence-corrected chi connectivity index (χ1v) is 2.45. The van der Waals surface area contributed by atoms with Crippen LogP contribution in [0.25, 0.3) is 0 Å². The Morgan fingerprint density at radius 1 is 1.67 bits per heavy atom. The monoisotopic (exact) mass is 126 g/mol. The lowest BCUT2D eigenvalue weighted by Gasteiger charge is -2.04. The maximum atomic E-state index is 10.3. The van der Waals surface area contributed by atoms with Crippen molar-refractivity contribution in [1.29, 1.82) is 0 Å². The van der Waals surface area contributed by atoms with Crippen LogP contribution in [-0.4, -0.2) is 11.9 Å². The first kappa shape index (κ1) is 7.91. The predicted molar refractivity (Wildman–Crippen MR) is 36.5 cm³/mol. The zero-order chi connectivity index (χ0) is 7.44. The number of primary amides is 1. The summed E-state index contributed by atoms with van der Waals surface area (Å²) < 4.78 is 0. The van der Waals surface area contributed by atoms with Crippen molar-refractivity contribution in [3.63, 3.8) is 0 Å². The Bertz CT molecular complexity index is 151. The molecule has 0 spiro atoms. The van der Waals surface area contributed by atoms with Gasteiger partial charge in [0.2, 0.25) is 5.91 Å². The number of carbonyl (C=O) groups is 1. The molecular formula is C6H10N2O. The molecule has 1 atom stereocenters. The third kappa shape index (κ3) is 2.10. The molecule has 3 nitrogen and oxygen atoms in total. The van der Waals surface area contributed by atoms with Gasteiger partial charge in [0.1, 0.15) is 6.04 Å². The molecule has 1 amide bonds. The van der Waals surface area contributed by atoms with Gasteiger partial charge in [0, 0.05) is 0 Å². The van der Waals surface area contributed by atoms with Crippen LogP contribution in [0.2, 0.25) is 0 Å². The first-order chi connectivity index (χ1) is 4.09. The largest absolute Gasteiger partial charge is 0.368 e. The Morgan fingerprint density at radius 2 is 2.11 bits per heavy atom. The quantitative estimate of drug-likeness (QED) is 0.502. The maximum Gasteiger partial charge on any atom is 0.238 e. The van der Waals surface area contributed by atoms with Gasteiger partial charge in [-0.25, -0.2) is 0 Å². The van der Waals surface area contributed by atoms with E-state index in [1.807, 2.05) is 0 Å². The van der Waals surface area contributed by atoms with E-state index in [-0.39, 0.29) is 0 Å². The summed E-state index contributed by atoms with van der Waals surface area (Å²) in [6.45, 7) is 6.83. The van der Waals surface area contributed by atoms with Gasteiger partial charge in [-0.15, -0.1) is 0 Å². The third-order valence-corrected chi connectivity index (χ3v) is 0.968. The molecule has 0 saturated carbocycles. The smallest absolute Gasteiger partial charge is 0.238 e. The van der Waals surface area contributed by atoms with Crippen molar-refractivity contribution < 1.29 is 4.79 Å². The summed E-state index contributed by atoms with van der Waals surface area (Å²) >= 11 is 0. The van der Waals surface area contributed by atoms with Crippen LogP contribution in [0.3, 0.4) is 0 Å². The van der Waals surface area contributed by atoms with Gasteiger partial charge in [-0.1, -0.05) is 19.2 Å². The van der Waals surface area contributed by atoms with Crippen LogP contribution in [0, 0.1) is 0 Å². The molecule has 0 aromatic carbocycles. The summed E-state index contributed by atoms with van der Waals surface area (Å²) in [5, 5.41) is 0. The van der Waals surface area contributed by atoms with Crippen LogP contribution >= 0.6 is 0 Å².